The lowest BCUT2D eigenvalue weighted by Gasteiger charge is -2.12. The van der Waals surface area contributed by atoms with Gasteiger partial charge in [0.1, 0.15) is 5.75 Å². The van der Waals surface area contributed by atoms with E-state index in [0.717, 1.165) is 0 Å². The van der Waals surface area contributed by atoms with Crippen LogP contribution in [0.25, 0.3) is 5.69 Å². The molecule has 12 heteroatoms. The van der Waals surface area contributed by atoms with Gasteiger partial charge in [-0.25, -0.2) is 13.2 Å². The summed E-state index contributed by atoms with van der Waals surface area (Å²) in [6, 6.07) is 10.9. The summed E-state index contributed by atoms with van der Waals surface area (Å²) in [5.41, 5.74) is 1.45. The maximum Gasteiger partial charge on any atom is 0.341 e. The van der Waals surface area contributed by atoms with Crippen LogP contribution in [0.2, 0.25) is 0 Å². The predicted molar refractivity (Wildman–Crippen MR) is 106 cm³/mol. The summed E-state index contributed by atoms with van der Waals surface area (Å²) in [6.45, 7) is 1.13. The summed E-state index contributed by atoms with van der Waals surface area (Å²) >= 11 is 1.36. The Morgan fingerprint density at radius 3 is 2.76 bits per heavy atom. The van der Waals surface area contributed by atoms with Gasteiger partial charge < -0.3 is 9.84 Å². The summed E-state index contributed by atoms with van der Waals surface area (Å²) in [5.74, 6) is -0.813. The van der Waals surface area contributed by atoms with Crippen molar-refractivity contribution < 1.29 is 23.1 Å². The third kappa shape index (κ3) is 4.84. The molecule has 0 saturated carbocycles. The first kappa shape index (κ1) is 20.6. The molecule has 1 aromatic heterocycles. The first-order chi connectivity index (χ1) is 13.8. The molecule has 0 fully saturated rings. The number of anilines is 1. The number of rotatable bonds is 8. The number of hydrogen-bond acceptors (Lipinski definition) is 8. The highest BCUT2D eigenvalue weighted by atomic mass is 32.2. The van der Waals surface area contributed by atoms with Crippen LogP contribution in [0.3, 0.4) is 0 Å². The average Bonchev–Trinajstić information content (AvgIpc) is 3.15. The second kappa shape index (κ2) is 8.49. The Labute approximate surface area is 170 Å². The van der Waals surface area contributed by atoms with Crippen molar-refractivity contribution in [3.63, 3.8) is 0 Å². The van der Waals surface area contributed by atoms with Gasteiger partial charge in [0, 0.05) is 0 Å². The van der Waals surface area contributed by atoms with Gasteiger partial charge >= 0.3 is 5.97 Å². The molecule has 0 saturated heterocycles. The molecular weight excluding hydrogens is 418 g/mol. The summed E-state index contributed by atoms with van der Waals surface area (Å²) in [4.78, 5) is 10.6. The fraction of sp³-hybridized carbons (Fsp3) is 0.176. The number of carboxylic acids is 1. The van der Waals surface area contributed by atoms with Crippen LogP contribution in [0.4, 0.5) is 5.69 Å². The van der Waals surface area contributed by atoms with Crippen molar-refractivity contribution in [3.05, 3.63) is 48.0 Å². The predicted octanol–water partition coefficient (Wildman–Crippen LogP) is 1.96. The molecule has 10 nitrogen and oxygen atoms in total. The number of tetrazole rings is 1. The Bertz CT molecular complexity index is 1150. The second-order valence-corrected chi connectivity index (χ2v) is 8.30. The normalized spacial score (nSPS) is 11.2. The van der Waals surface area contributed by atoms with Crippen LogP contribution >= 0.6 is 11.8 Å². The number of benzene rings is 2. The molecule has 0 radical (unpaired) electrons. The molecule has 2 aromatic carbocycles. The zero-order chi connectivity index (χ0) is 21.0. The van der Waals surface area contributed by atoms with Crippen LogP contribution in [-0.4, -0.2) is 52.6 Å². The van der Waals surface area contributed by atoms with Crippen LogP contribution in [0.5, 0.6) is 5.75 Å². The number of aliphatic carboxylic acids is 1. The molecule has 152 valence electrons. The molecule has 2 N–H and O–H groups in total. The summed E-state index contributed by atoms with van der Waals surface area (Å²) in [5, 5.41) is 20.7. The van der Waals surface area contributed by atoms with Crippen molar-refractivity contribution in [2.75, 3.05) is 17.6 Å². The number of hydrogen-bond donors (Lipinski definition) is 2. The topological polar surface area (TPSA) is 136 Å². The van der Waals surface area contributed by atoms with Crippen LogP contribution in [-0.2, 0) is 14.8 Å². The van der Waals surface area contributed by atoms with Crippen molar-refractivity contribution >= 4 is 33.4 Å². The van der Waals surface area contributed by atoms with Crippen molar-refractivity contribution in [3.8, 4) is 11.4 Å². The number of thioether (sulfide) groups is 1. The van der Waals surface area contributed by atoms with Crippen LogP contribution in [0.1, 0.15) is 5.56 Å². The van der Waals surface area contributed by atoms with Gasteiger partial charge in [-0.2, -0.15) is 4.68 Å². The Morgan fingerprint density at radius 1 is 1.28 bits per heavy atom. The molecule has 0 aliphatic carbocycles. The number of nitrogens with zero attached hydrogens (tertiary/aromatic N) is 4. The fourth-order valence-corrected chi connectivity index (χ4v) is 4.04. The van der Waals surface area contributed by atoms with Crippen molar-refractivity contribution in [2.45, 2.75) is 17.0 Å². The van der Waals surface area contributed by atoms with Gasteiger partial charge in [-0.3, -0.25) is 4.72 Å². The van der Waals surface area contributed by atoms with E-state index in [1.165, 1.54) is 34.6 Å². The summed E-state index contributed by atoms with van der Waals surface area (Å²) in [7, 11) is -3.87. The molecule has 0 aliphatic rings. The zero-order valence-electron chi connectivity index (χ0n) is 15.4. The van der Waals surface area contributed by atoms with E-state index < -0.39 is 22.6 Å². The maximum absolute atomic E-state index is 12.8. The number of carboxylic acid groups (broad SMARTS) is 1. The zero-order valence-corrected chi connectivity index (χ0v) is 17.1. The molecule has 0 bridgehead atoms. The third-order valence-electron chi connectivity index (χ3n) is 3.77. The molecule has 0 spiro atoms. The number of carbonyl (C=O) groups is 1. The van der Waals surface area contributed by atoms with E-state index in [1.807, 2.05) is 6.26 Å². The minimum Gasteiger partial charge on any atom is -0.482 e. The highest BCUT2D eigenvalue weighted by molar-refractivity contribution is 7.98. The van der Waals surface area contributed by atoms with Gasteiger partial charge in [0.15, 0.2) is 6.61 Å². The molecule has 3 aromatic rings. The molecule has 1 heterocycles. The Balaban J connectivity index is 1.83. The minimum absolute atomic E-state index is 0.0234. The van der Waals surface area contributed by atoms with E-state index in [1.54, 1.807) is 31.2 Å². The average molecular weight is 435 g/mol. The van der Waals surface area contributed by atoms with E-state index in [0.29, 0.717) is 27.8 Å². The van der Waals surface area contributed by atoms with Crippen LogP contribution in [0.15, 0.2) is 52.5 Å². The van der Waals surface area contributed by atoms with Crippen molar-refractivity contribution in [1.82, 2.24) is 20.2 Å². The van der Waals surface area contributed by atoms with Gasteiger partial charge in [0.2, 0.25) is 5.16 Å². The SMILES string of the molecule is CSc1nnnn1-c1cccc(NS(=O)(=O)c2ccc(OCC(=O)O)c(C)c2)c1. The number of nitrogens with one attached hydrogen (secondary N) is 1. The highest BCUT2D eigenvalue weighted by Crippen LogP contribution is 2.25. The Morgan fingerprint density at radius 2 is 2.07 bits per heavy atom. The van der Waals surface area contributed by atoms with E-state index >= 15 is 0 Å². The summed E-state index contributed by atoms with van der Waals surface area (Å²) in [6.07, 6.45) is 1.83. The van der Waals surface area contributed by atoms with Gasteiger partial charge in [-0.15, -0.1) is 5.10 Å². The van der Waals surface area contributed by atoms with E-state index in [4.69, 9.17) is 9.84 Å². The molecule has 0 unspecified atom stereocenters. The lowest BCUT2D eigenvalue weighted by atomic mass is 10.2. The van der Waals surface area contributed by atoms with Crippen molar-refractivity contribution in [1.29, 1.82) is 0 Å². The maximum atomic E-state index is 12.8. The number of ether oxygens (including phenoxy) is 1. The number of aromatic nitrogens is 4. The molecule has 0 aliphatic heterocycles. The quantitative estimate of drug-likeness (QED) is 0.509. The minimum atomic E-state index is -3.87. The first-order valence-electron chi connectivity index (χ1n) is 8.21. The fourth-order valence-electron chi connectivity index (χ4n) is 2.47. The van der Waals surface area contributed by atoms with Gasteiger partial charge in [0.25, 0.3) is 10.0 Å². The number of sulfonamides is 1. The van der Waals surface area contributed by atoms with E-state index in [2.05, 4.69) is 20.2 Å². The monoisotopic (exact) mass is 435 g/mol. The molecule has 3 rings (SSSR count). The lowest BCUT2D eigenvalue weighted by Crippen LogP contribution is -2.14. The standard InChI is InChI=1S/C17H17N5O5S2/c1-11-8-14(6-7-15(11)27-10-16(23)24)29(25,26)19-12-4-3-5-13(9-12)22-17(28-2)18-20-21-22/h3-9,19H,10H2,1-2H3,(H,23,24). The van der Waals surface area contributed by atoms with E-state index in [-0.39, 0.29) is 4.90 Å². The molecule has 0 atom stereocenters. The largest absolute Gasteiger partial charge is 0.482 e. The van der Waals surface area contributed by atoms with Crippen LogP contribution in [0, 0.1) is 6.92 Å². The van der Waals surface area contributed by atoms with Gasteiger partial charge in [0.05, 0.1) is 16.3 Å². The smallest absolute Gasteiger partial charge is 0.341 e. The first-order valence-corrected chi connectivity index (χ1v) is 10.9. The lowest BCUT2D eigenvalue weighted by molar-refractivity contribution is -0.139. The molecular formula is C17H17N5O5S2. The molecule has 29 heavy (non-hydrogen) atoms. The second-order valence-electron chi connectivity index (χ2n) is 5.84. The number of aryl methyl sites for hydroxylation is 1. The van der Waals surface area contributed by atoms with Crippen LogP contribution < -0.4 is 9.46 Å². The third-order valence-corrected chi connectivity index (χ3v) is 5.77. The Kier molecular flexibility index (Phi) is 6.03. The Hall–Kier alpha value is -3.12. The molecule has 0 amide bonds. The van der Waals surface area contributed by atoms with Crippen molar-refractivity contribution in [2.24, 2.45) is 0 Å². The van der Waals surface area contributed by atoms with Gasteiger partial charge in [-0.05, 0) is 65.6 Å². The summed E-state index contributed by atoms with van der Waals surface area (Å²) < 4.78 is 34.7. The van der Waals surface area contributed by atoms with E-state index in [9.17, 15) is 13.2 Å². The highest BCUT2D eigenvalue weighted by Gasteiger charge is 2.17. The van der Waals surface area contributed by atoms with Gasteiger partial charge in [-0.1, -0.05) is 17.8 Å².